The summed E-state index contributed by atoms with van der Waals surface area (Å²) in [7, 11) is 0. The van der Waals surface area contributed by atoms with E-state index in [9.17, 15) is 4.79 Å². The van der Waals surface area contributed by atoms with Crippen molar-refractivity contribution in [3.05, 3.63) is 33.5 Å². The molecule has 5 nitrogen and oxygen atoms in total. The molecular formula is C10H12N4OS. The summed E-state index contributed by atoms with van der Waals surface area (Å²) in [6, 6.07) is 0. The number of rotatable bonds is 3. The number of hydrogen-bond donors (Lipinski definition) is 2. The second-order valence-electron chi connectivity index (χ2n) is 3.47. The Morgan fingerprint density at radius 3 is 2.94 bits per heavy atom. The standard InChI is InChI=1S/C10H12N4OS/c1-6-5-16-9(13-6)4-11-10(15)8-3-12-14-7(8)2/h3,5H,4H2,1-2H3,(H,11,15)(H,12,14). The fourth-order valence-electron chi connectivity index (χ4n) is 1.31. The Bertz CT molecular complexity index is 502. The quantitative estimate of drug-likeness (QED) is 0.846. The van der Waals surface area contributed by atoms with Crippen molar-refractivity contribution in [2.75, 3.05) is 0 Å². The third-order valence-corrected chi connectivity index (χ3v) is 3.11. The number of hydrogen-bond acceptors (Lipinski definition) is 4. The van der Waals surface area contributed by atoms with Crippen molar-refractivity contribution in [2.45, 2.75) is 20.4 Å². The smallest absolute Gasteiger partial charge is 0.255 e. The minimum Gasteiger partial charge on any atom is -0.345 e. The lowest BCUT2D eigenvalue weighted by Crippen LogP contribution is -2.23. The molecule has 84 valence electrons. The van der Waals surface area contributed by atoms with Crippen molar-refractivity contribution < 1.29 is 4.79 Å². The third kappa shape index (κ3) is 2.27. The van der Waals surface area contributed by atoms with Gasteiger partial charge in [0.05, 0.1) is 18.3 Å². The first kappa shape index (κ1) is 10.8. The van der Waals surface area contributed by atoms with Crippen LogP contribution in [-0.4, -0.2) is 21.1 Å². The first-order valence-electron chi connectivity index (χ1n) is 4.86. The van der Waals surface area contributed by atoms with Crippen LogP contribution in [-0.2, 0) is 6.54 Å². The Labute approximate surface area is 96.9 Å². The van der Waals surface area contributed by atoms with Gasteiger partial charge in [0.25, 0.3) is 5.91 Å². The summed E-state index contributed by atoms with van der Waals surface area (Å²) < 4.78 is 0. The Hall–Kier alpha value is -1.69. The molecule has 0 aromatic carbocycles. The number of carbonyl (C=O) groups is 1. The van der Waals surface area contributed by atoms with E-state index in [1.54, 1.807) is 11.3 Å². The van der Waals surface area contributed by atoms with E-state index in [1.807, 2.05) is 19.2 Å². The number of nitrogens with one attached hydrogen (secondary N) is 2. The summed E-state index contributed by atoms with van der Waals surface area (Å²) in [5.74, 6) is -0.126. The zero-order chi connectivity index (χ0) is 11.5. The van der Waals surface area contributed by atoms with Crippen LogP contribution in [0, 0.1) is 13.8 Å². The molecule has 2 rings (SSSR count). The first-order valence-corrected chi connectivity index (χ1v) is 5.74. The van der Waals surface area contributed by atoms with Gasteiger partial charge in [0, 0.05) is 16.8 Å². The van der Waals surface area contributed by atoms with Crippen molar-refractivity contribution >= 4 is 17.2 Å². The molecule has 2 heterocycles. The molecule has 0 bridgehead atoms. The van der Waals surface area contributed by atoms with Crippen molar-refractivity contribution in [1.82, 2.24) is 20.5 Å². The van der Waals surface area contributed by atoms with Gasteiger partial charge in [-0.1, -0.05) is 0 Å². The molecule has 1 amide bonds. The Morgan fingerprint density at radius 2 is 2.38 bits per heavy atom. The van der Waals surface area contributed by atoms with Crippen LogP contribution >= 0.6 is 11.3 Å². The number of amides is 1. The average molecular weight is 236 g/mol. The highest BCUT2D eigenvalue weighted by atomic mass is 32.1. The van der Waals surface area contributed by atoms with Crippen LogP contribution in [0.4, 0.5) is 0 Å². The average Bonchev–Trinajstić information content (AvgIpc) is 2.84. The molecule has 0 aliphatic carbocycles. The highest BCUT2D eigenvalue weighted by Crippen LogP contribution is 2.08. The van der Waals surface area contributed by atoms with Crippen LogP contribution in [0.15, 0.2) is 11.6 Å². The summed E-state index contributed by atoms with van der Waals surface area (Å²) in [6.07, 6.45) is 1.53. The molecule has 2 aromatic rings. The lowest BCUT2D eigenvalue weighted by Gasteiger charge is -2.01. The van der Waals surface area contributed by atoms with Crippen LogP contribution in [0.2, 0.25) is 0 Å². The number of H-pyrrole nitrogens is 1. The number of carbonyl (C=O) groups excluding carboxylic acids is 1. The van der Waals surface area contributed by atoms with Crippen LogP contribution in [0.1, 0.15) is 26.8 Å². The highest BCUT2D eigenvalue weighted by Gasteiger charge is 2.10. The SMILES string of the molecule is Cc1csc(CNC(=O)c2cn[nH]c2C)n1. The molecule has 2 aromatic heterocycles. The highest BCUT2D eigenvalue weighted by molar-refractivity contribution is 7.09. The van der Waals surface area contributed by atoms with Crippen molar-refractivity contribution in [3.63, 3.8) is 0 Å². The van der Waals surface area contributed by atoms with Gasteiger partial charge in [0.2, 0.25) is 0 Å². The van der Waals surface area contributed by atoms with Crippen LogP contribution in [0.3, 0.4) is 0 Å². The van der Waals surface area contributed by atoms with E-state index in [0.29, 0.717) is 12.1 Å². The number of aromatic nitrogens is 3. The Kier molecular flexibility index (Phi) is 3.00. The second kappa shape index (κ2) is 4.44. The fraction of sp³-hybridized carbons (Fsp3) is 0.300. The molecule has 0 spiro atoms. The molecule has 0 aliphatic rings. The normalized spacial score (nSPS) is 10.4. The van der Waals surface area contributed by atoms with Crippen molar-refractivity contribution in [1.29, 1.82) is 0 Å². The largest absolute Gasteiger partial charge is 0.345 e. The zero-order valence-corrected chi connectivity index (χ0v) is 9.89. The van der Waals surface area contributed by atoms with E-state index in [0.717, 1.165) is 16.4 Å². The molecular weight excluding hydrogens is 224 g/mol. The van der Waals surface area contributed by atoms with Crippen molar-refractivity contribution in [3.8, 4) is 0 Å². The van der Waals surface area contributed by atoms with Crippen LogP contribution < -0.4 is 5.32 Å². The van der Waals surface area contributed by atoms with E-state index in [1.165, 1.54) is 6.20 Å². The van der Waals surface area contributed by atoms with Gasteiger partial charge in [-0.2, -0.15) is 5.10 Å². The lowest BCUT2D eigenvalue weighted by molar-refractivity contribution is 0.0950. The van der Waals surface area contributed by atoms with Gasteiger partial charge in [-0.25, -0.2) is 4.98 Å². The molecule has 6 heteroatoms. The minimum atomic E-state index is -0.126. The maximum Gasteiger partial charge on any atom is 0.255 e. The van der Waals surface area contributed by atoms with E-state index >= 15 is 0 Å². The van der Waals surface area contributed by atoms with Gasteiger partial charge in [0.15, 0.2) is 0 Å². The Balaban J connectivity index is 1.96. The summed E-state index contributed by atoms with van der Waals surface area (Å²) >= 11 is 1.54. The third-order valence-electron chi connectivity index (χ3n) is 2.14. The first-order chi connectivity index (χ1) is 7.66. The predicted molar refractivity (Wildman–Crippen MR) is 61.3 cm³/mol. The number of nitrogens with zero attached hydrogens (tertiary/aromatic N) is 2. The van der Waals surface area contributed by atoms with E-state index < -0.39 is 0 Å². The predicted octanol–water partition coefficient (Wildman–Crippen LogP) is 1.41. The van der Waals surface area contributed by atoms with E-state index in [-0.39, 0.29) is 5.91 Å². The molecule has 16 heavy (non-hydrogen) atoms. The Morgan fingerprint density at radius 1 is 1.56 bits per heavy atom. The maximum atomic E-state index is 11.7. The van der Waals surface area contributed by atoms with E-state index in [4.69, 9.17) is 0 Å². The van der Waals surface area contributed by atoms with Crippen LogP contribution in [0.25, 0.3) is 0 Å². The minimum absolute atomic E-state index is 0.126. The molecule has 0 saturated carbocycles. The van der Waals surface area contributed by atoms with Gasteiger partial charge < -0.3 is 5.32 Å². The second-order valence-corrected chi connectivity index (χ2v) is 4.42. The van der Waals surface area contributed by atoms with Crippen molar-refractivity contribution in [2.24, 2.45) is 0 Å². The molecule has 0 atom stereocenters. The van der Waals surface area contributed by atoms with Gasteiger partial charge in [0.1, 0.15) is 5.01 Å². The number of thiazole rings is 1. The molecule has 0 aliphatic heterocycles. The van der Waals surface area contributed by atoms with Crippen LogP contribution in [0.5, 0.6) is 0 Å². The number of aryl methyl sites for hydroxylation is 2. The molecule has 2 N–H and O–H groups in total. The van der Waals surface area contributed by atoms with Gasteiger partial charge in [-0.3, -0.25) is 9.89 Å². The van der Waals surface area contributed by atoms with Gasteiger partial charge >= 0.3 is 0 Å². The maximum absolute atomic E-state index is 11.7. The monoisotopic (exact) mass is 236 g/mol. The van der Waals surface area contributed by atoms with E-state index in [2.05, 4.69) is 20.5 Å². The van der Waals surface area contributed by atoms with Gasteiger partial charge in [-0.05, 0) is 13.8 Å². The molecule has 0 saturated heterocycles. The summed E-state index contributed by atoms with van der Waals surface area (Å²) in [6.45, 7) is 4.21. The summed E-state index contributed by atoms with van der Waals surface area (Å²) in [4.78, 5) is 16.0. The van der Waals surface area contributed by atoms with Gasteiger partial charge in [-0.15, -0.1) is 11.3 Å². The molecule has 0 radical (unpaired) electrons. The molecule has 0 unspecified atom stereocenters. The fourth-order valence-corrected chi connectivity index (χ4v) is 2.03. The topological polar surface area (TPSA) is 70.7 Å². The molecule has 0 fully saturated rings. The number of aromatic amines is 1. The summed E-state index contributed by atoms with van der Waals surface area (Å²) in [5.41, 5.74) is 2.33. The summed E-state index contributed by atoms with van der Waals surface area (Å²) in [5, 5.41) is 12.2. The zero-order valence-electron chi connectivity index (χ0n) is 9.07. The lowest BCUT2D eigenvalue weighted by atomic mass is 10.2.